The lowest BCUT2D eigenvalue weighted by atomic mass is 10.0. The largest absolute Gasteiger partial charge is 0.440 e. The lowest BCUT2D eigenvalue weighted by Crippen LogP contribution is -2.60. The number of likely N-dealkylation sites (tertiary alicyclic amines) is 1. The fourth-order valence-electron chi connectivity index (χ4n) is 3.70. The summed E-state index contributed by atoms with van der Waals surface area (Å²) in [7, 11) is 0. The average molecular weight is 344 g/mol. The highest BCUT2D eigenvalue weighted by molar-refractivity contribution is 7.23. The number of nitrogens with zero attached hydrogens (tertiary/aromatic N) is 2. The monoisotopic (exact) mass is 344 g/mol. The van der Waals surface area contributed by atoms with Gasteiger partial charge < -0.3 is 10.5 Å². The predicted molar refractivity (Wildman–Crippen MR) is 96.9 cm³/mol. The van der Waals surface area contributed by atoms with Gasteiger partial charge in [-0.2, -0.15) is 5.26 Å². The van der Waals surface area contributed by atoms with Crippen LogP contribution < -0.4 is 10.2 Å². The number of ether oxygens (including phenoxy) is 1. The summed E-state index contributed by atoms with van der Waals surface area (Å²) in [6.45, 7) is 7.98. The smallest absolute Gasteiger partial charge is 0.404 e. The van der Waals surface area contributed by atoms with E-state index in [1.165, 1.54) is 0 Å². The number of quaternary nitrogens is 1. The van der Waals surface area contributed by atoms with Crippen molar-refractivity contribution >= 4 is 32.5 Å². The van der Waals surface area contributed by atoms with Crippen LogP contribution in [0.4, 0.5) is 9.80 Å². The summed E-state index contributed by atoms with van der Waals surface area (Å²) < 4.78 is 7.02. The molecular weight excluding hydrogens is 322 g/mol. The Hall–Kier alpha value is -2.10. The van der Waals surface area contributed by atoms with Crippen LogP contribution in [-0.2, 0) is 4.74 Å². The second-order valence-corrected chi connectivity index (χ2v) is 8.31. The van der Waals surface area contributed by atoms with Gasteiger partial charge in [-0.25, -0.2) is 4.79 Å². The fourth-order valence-corrected chi connectivity index (χ4v) is 5.20. The summed E-state index contributed by atoms with van der Waals surface area (Å²) in [6, 6.07) is 10.4. The van der Waals surface area contributed by atoms with Crippen molar-refractivity contribution in [3.8, 4) is 6.07 Å². The Bertz CT molecular complexity index is 831. The van der Waals surface area contributed by atoms with Crippen LogP contribution in [0.2, 0.25) is 0 Å². The Labute approximate surface area is 145 Å². The molecule has 1 amide bonds. The first-order valence-corrected chi connectivity index (χ1v) is 8.85. The van der Waals surface area contributed by atoms with Gasteiger partial charge in [0.05, 0.1) is 12.1 Å². The maximum atomic E-state index is 11.2. The number of amides is 1. The molecule has 0 spiro atoms. The maximum Gasteiger partial charge on any atom is 0.404 e. The number of fused-ring (bicyclic) bond motifs is 1. The summed E-state index contributed by atoms with van der Waals surface area (Å²) in [4.78, 5) is 11.2. The van der Waals surface area contributed by atoms with Gasteiger partial charge >= 0.3 is 6.09 Å². The van der Waals surface area contributed by atoms with Crippen LogP contribution in [0.25, 0.3) is 10.1 Å². The Balaban J connectivity index is 2.16. The normalized spacial score (nSPS) is 24.0. The quantitative estimate of drug-likeness (QED) is 0.843. The maximum absolute atomic E-state index is 11.2. The molecule has 2 heterocycles. The molecule has 1 unspecified atom stereocenters. The molecule has 5 nitrogen and oxygen atoms in total. The molecule has 1 saturated heterocycles. The second kappa shape index (κ2) is 5.76. The van der Waals surface area contributed by atoms with Crippen molar-refractivity contribution in [3.05, 3.63) is 29.8 Å². The van der Waals surface area contributed by atoms with Crippen molar-refractivity contribution in [1.82, 2.24) is 4.48 Å². The van der Waals surface area contributed by atoms with Gasteiger partial charge in [-0.1, -0.05) is 29.5 Å². The Morgan fingerprint density at radius 3 is 2.75 bits per heavy atom. The highest BCUT2D eigenvalue weighted by Crippen LogP contribution is 2.47. The van der Waals surface area contributed by atoms with Gasteiger partial charge in [-0.15, -0.1) is 0 Å². The van der Waals surface area contributed by atoms with Crippen LogP contribution in [0.1, 0.15) is 32.8 Å². The minimum atomic E-state index is -0.731. The molecule has 0 saturated carbocycles. The summed E-state index contributed by atoms with van der Waals surface area (Å²) >= 11 is 1.67. The molecule has 0 radical (unpaired) electrons. The number of hydrogen-bond acceptors (Lipinski definition) is 4. The zero-order valence-corrected chi connectivity index (χ0v) is 15.0. The van der Waals surface area contributed by atoms with Gasteiger partial charge in [-0.3, -0.25) is 4.48 Å². The van der Waals surface area contributed by atoms with E-state index >= 15 is 0 Å². The van der Waals surface area contributed by atoms with Crippen molar-refractivity contribution < 1.29 is 9.53 Å². The van der Waals surface area contributed by atoms with E-state index in [0.717, 1.165) is 33.6 Å². The van der Waals surface area contributed by atoms with E-state index in [-0.39, 0.29) is 11.6 Å². The fraction of sp³-hybridized carbons (Fsp3) is 0.444. The summed E-state index contributed by atoms with van der Waals surface area (Å²) in [5, 5.41) is 11.9. The number of primary amides is 1. The molecule has 1 aliphatic rings. The first kappa shape index (κ1) is 16.7. The van der Waals surface area contributed by atoms with Gasteiger partial charge in [0.15, 0.2) is 6.10 Å². The number of thiophene rings is 1. The van der Waals surface area contributed by atoms with Gasteiger partial charge in [0.2, 0.25) is 5.00 Å². The minimum Gasteiger partial charge on any atom is -0.440 e. The second-order valence-electron chi connectivity index (χ2n) is 7.28. The molecule has 0 aliphatic carbocycles. The molecule has 2 atom stereocenters. The zero-order chi connectivity index (χ0) is 17.5. The molecule has 24 heavy (non-hydrogen) atoms. The first-order valence-electron chi connectivity index (χ1n) is 8.04. The number of rotatable bonds is 2. The number of carbonyl (C=O) groups excluding carboxylic acids is 1. The van der Waals surface area contributed by atoms with E-state index in [1.807, 2.05) is 18.2 Å². The summed E-state index contributed by atoms with van der Waals surface area (Å²) in [5.74, 6) is 0. The van der Waals surface area contributed by atoms with Crippen LogP contribution >= 0.6 is 11.3 Å². The van der Waals surface area contributed by atoms with Crippen LogP contribution in [0.15, 0.2) is 24.3 Å². The predicted octanol–water partition coefficient (Wildman–Crippen LogP) is 3.75. The molecule has 1 aromatic heterocycles. The third kappa shape index (κ3) is 2.54. The molecule has 2 aromatic rings. The number of nitrogens with two attached hydrogens (primary N) is 1. The molecule has 126 valence electrons. The van der Waals surface area contributed by atoms with Crippen molar-refractivity contribution in [3.63, 3.8) is 0 Å². The van der Waals surface area contributed by atoms with E-state index in [9.17, 15) is 10.1 Å². The Morgan fingerprint density at radius 1 is 1.42 bits per heavy atom. The van der Waals surface area contributed by atoms with Crippen LogP contribution in [0, 0.1) is 11.3 Å². The highest BCUT2D eigenvalue weighted by atomic mass is 32.1. The summed E-state index contributed by atoms with van der Waals surface area (Å²) in [6.07, 6.45) is -0.191. The SMILES string of the molecule is CC(C)(C)[N+]1(c2sc3ccccc3c2C#N)CC[C@H](OC(N)=O)C1. The molecule has 0 bridgehead atoms. The third-order valence-electron chi connectivity index (χ3n) is 4.99. The van der Waals surface area contributed by atoms with E-state index in [2.05, 4.69) is 32.9 Å². The summed E-state index contributed by atoms with van der Waals surface area (Å²) in [5.41, 5.74) is 5.83. The molecule has 2 N–H and O–H groups in total. The molecule has 6 heteroatoms. The lowest BCUT2D eigenvalue weighted by molar-refractivity contribution is 0.0971. The zero-order valence-electron chi connectivity index (χ0n) is 14.2. The van der Waals surface area contributed by atoms with Crippen molar-refractivity contribution in [2.45, 2.75) is 38.8 Å². The average Bonchev–Trinajstić information content (AvgIpc) is 3.07. The number of nitriles is 1. The number of carbonyl (C=O) groups is 1. The van der Waals surface area contributed by atoms with Gasteiger partial charge in [0, 0.05) is 16.5 Å². The van der Waals surface area contributed by atoms with Crippen LogP contribution in [0.5, 0.6) is 0 Å². The standard InChI is InChI=1S/C18H21N3O2S/c1-18(2,3)21(9-8-12(11-21)23-17(20)22)16-14(10-19)13-6-4-5-7-15(13)24-16/h4-7,12H,8-9,11H2,1-3H3,(H-,20,22)/p+1/t12-,21?/m0/s1. The van der Waals surface area contributed by atoms with Crippen molar-refractivity contribution in [1.29, 1.82) is 5.26 Å². The molecule has 3 rings (SSSR count). The van der Waals surface area contributed by atoms with Crippen molar-refractivity contribution in [2.24, 2.45) is 5.73 Å². The molecular formula is C18H22N3O2S+. The van der Waals surface area contributed by atoms with Crippen LogP contribution in [-0.4, -0.2) is 30.8 Å². The highest BCUT2D eigenvalue weighted by Gasteiger charge is 2.52. The van der Waals surface area contributed by atoms with Crippen LogP contribution in [0.3, 0.4) is 0 Å². The Kier molecular flexibility index (Phi) is 4.02. The van der Waals surface area contributed by atoms with Gasteiger partial charge in [0.1, 0.15) is 18.2 Å². The lowest BCUT2D eigenvalue weighted by Gasteiger charge is -2.44. The van der Waals surface area contributed by atoms with Crippen molar-refractivity contribution in [2.75, 3.05) is 13.1 Å². The molecule has 1 fully saturated rings. The van der Waals surface area contributed by atoms with E-state index in [4.69, 9.17) is 10.5 Å². The number of benzene rings is 1. The van der Waals surface area contributed by atoms with Gasteiger partial charge in [-0.05, 0) is 26.8 Å². The topological polar surface area (TPSA) is 76.1 Å². The number of hydrogen-bond donors (Lipinski definition) is 1. The molecule has 1 aliphatic heterocycles. The first-order chi connectivity index (χ1) is 11.3. The van der Waals surface area contributed by atoms with E-state index in [1.54, 1.807) is 11.3 Å². The Morgan fingerprint density at radius 2 is 2.12 bits per heavy atom. The minimum absolute atomic E-state index is 0.123. The van der Waals surface area contributed by atoms with E-state index in [0.29, 0.717) is 11.0 Å². The molecule has 1 aromatic carbocycles. The third-order valence-corrected chi connectivity index (χ3v) is 6.32. The van der Waals surface area contributed by atoms with E-state index < -0.39 is 6.09 Å². The van der Waals surface area contributed by atoms with Gasteiger partial charge in [0.25, 0.3) is 0 Å².